The molecule has 5 rings (SSSR count). The van der Waals surface area contributed by atoms with Gasteiger partial charge >= 0.3 is 11.9 Å². The lowest BCUT2D eigenvalue weighted by atomic mass is 9.54. The summed E-state index contributed by atoms with van der Waals surface area (Å²) < 4.78 is 16.6. The van der Waals surface area contributed by atoms with E-state index < -0.39 is 5.41 Å². The minimum absolute atomic E-state index is 0.0749. The van der Waals surface area contributed by atoms with Crippen LogP contribution in [0.15, 0.2) is 34.2 Å². The number of carbonyl (C=O) groups excluding carboxylic acids is 2. The first-order valence-corrected chi connectivity index (χ1v) is 8.78. The van der Waals surface area contributed by atoms with E-state index in [0.29, 0.717) is 12.8 Å². The molecule has 1 saturated carbocycles. The summed E-state index contributed by atoms with van der Waals surface area (Å²) >= 11 is 0. The van der Waals surface area contributed by atoms with Crippen molar-refractivity contribution in [1.82, 2.24) is 0 Å². The number of fused-ring (bicyclic) bond motifs is 1. The Morgan fingerprint density at radius 3 is 2.88 bits per heavy atom. The molecule has 24 heavy (non-hydrogen) atoms. The lowest BCUT2D eigenvalue weighted by Gasteiger charge is -2.47. The van der Waals surface area contributed by atoms with Crippen molar-refractivity contribution in [3.63, 3.8) is 0 Å². The fourth-order valence-corrected chi connectivity index (χ4v) is 5.48. The van der Waals surface area contributed by atoms with Crippen molar-refractivity contribution in [2.75, 3.05) is 0 Å². The maximum Gasteiger partial charge on any atom is 0.334 e. The molecule has 0 radical (unpaired) electrons. The Labute approximate surface area is 140 Å². The second kappa shape index (κ2) is 4.74. The molecule has 4 aliphatic rings. The third-order valence-electron chi connectivity index (χ3n) is 6.62. The van der Waals surface area contributed by atoms with Crippen LogP contribution in [-0.2, 0) is 19.1 Å². The van der Waals surface area contributed by atoms with Crippen LogP contribution in [0.25, 0.3) is 0 Å². The standard InChI is InChI=1S/C19H20O5/c1-10-7-14-16-12(17(20)23-14)3-2-4-13(16)19(10)8-15(24-18(19)21)11-5-6-22-9-11/h5-6,9-10,13-15H,2-4,7-8H2,1H3/t10?,13-,14+,15?,19-/m1/s1. The van der Waals surface area contributed by atoms with Gasteiger partial charge in [-0.3, -0.25) is 4.79 Å². The van der Waals surface area contributed by atoms with Crippen molar-refractivity contribution < 1.29 is 23.5 Å². The lowest BCUT2D eigenvalue weighted by Crippen LogP contribution is -2.49. The number of rotatable bonds is 1. The monoisotopic (exact) mass is 328 g/mol. The summed E-state index contributed by atoms with van der Waals surface area (Å²) in [5.41, 5.74) is 2.32. The molecular weight excluding hydrogens is 308 g/mol. The fourth-order valence-electron chi connectivity index (χ4n) is 5.48. The minimum Gasteiger partial charge on any atom is -0.472 e. The SMILES string of the molecule is CC1C[C@@H]2OC(=O)C3=C2[C@@H](CCC3)[C@@]12CC(c1ccoc1)OC2=O. The molecular formula is C19H20O5. The van der Waals surface area contributed by atoms with Gasteiger partial charge in [0.05, 0.1) is 17.9 Å². The largest absolute Gasteiger partial charge is 0.472 e. The Bertz CT molecular complexity index is 746. The number of ether oxygens (including phenoxy) is 2. The molecule has 1 spiro atoms. The number of furan rings is 1. The maximum atomic E-state index is 13.0. The molecule has 0 aromatic carbocycles. The predicted molar refractivity (Wildman–Crippen MR) is 82.6 cm³/mol. The van der Waals surface area contributed by atoms with Crippen LogP contribution in [0.4, 0.5) is 0 Å². The third-order valence-corrected chi connectivity index (χ3v) is 6.62. The number of hydrogen-bond donors (Lipinski definition) is 0. The van der Waals surface area contributed by atoms with E-state index in [2.05, 4.69) is 6.92 Å². The van der Waals surface area contributed by atoms with Gasteiger partial charge < -0.3 is 13.9 Å². The van der Waals surface area contributed by atoms with Crippen LogP contribution in [0.2, 0.25) is 0 Å². The Hall–Kier alpha value is -2.04. The number of esters is 2. The van der Waals surface area contributed by atoms with Gasteiger partial charge in [-0.25, -0.2) is 4.79 Å². The molecule has 0 N–H and O–H groups in total. The fraction of sp³-hybridized carbons (Fsp3) is 0.579. The minimum atomic E-state index is -0.534. The highest BCUT2D eigenvalue weighted by Gasteiger charge is 2.64. The van der Waals surface area contributed by atoms with Crippen LogP contribution in [0, 0.1) is 17.3 Å². The van der Waals surface area contributed by atoms with E-state index >= 15 is 0 Å². The van der Waals surface area contributed by atoms with Gasteiger partial charge in [0.1, 0.15) is 12.2 Å². The summed E-state index contributed by atoms with van der Waals surface area (Å²) in [6, 6.07) is 1.86. The molecule has 2 aliphatic carbocycles. The average Bonchev–Trinajstić information content (AvgIpc) is 3.26. The summed E-state index contributed by atoms with van der Waals surface area (Å²) in [5, 5.41) is 0. The summed E-state index contributed by atoms with van der Waals surface area (Å²) in [5.74, 6) is -0.0730. The van der Waals surface area contributed by atoms with E-state index in [9.17, 15) is 9.59 Å². The summed E-state index contributed by atoms with van der Waals surface area (Å²) in [4.78, 5) is 25.2. The van der Waals surface area contributed by atoms with Crippen molar-refractivity contribution in [2.45, 2.75) is 51.2 Å². The molecule has 5 nitrogen and oxygen atoms in total. The van der Waals surface area contributed by atoms with Gasteiger partial charge in [0.15, 0.2) is 0 Å². The van der Waals surface area contributed by atoms with Crippen LogP contribution in [0.5, 0.6) is 0 Å². The highest BCUT2D eigenvalue weighted by Crippen LogP contribution is 2.62. The van der Waals surface area contributed by atoms with Crippen LogP contribution >= 0.6 is 0 Å². The zero-order chi connectivity index (χ0) is 16.5. The molecule has 2 fully saturated rings. The van der Waals surface area contributed by atoms with E-state index in [0.717, 1.165) is 36.0 Å². The van der Waals surface area contributed by atoms with Crippen molar-refractivity contribution in [1.29, 1.82) is 0 Å². The quantitative estimate of drug-likeness (QED) is 0.740. The first kappa shape index (κ1) is 14.3. The van der Waals surface area contributed by atoms with Gasteiger partial charge in [-0.1, -0.05) is 6.92 Å². The van der Waals surface area contributed by atoms with E-state index in [4.69, 9.17) is 13.9 Å². The van der Waals surface area contributed by atoms with Gasteiger partial charge in [0, 0.05) is 23.5 Å². The van der Waals surface area contributed by atoms with Crippen LogP contribution in [-0.4, -0.2) is 18.0 Å². The average molecular weight is 328 g/mol. The molecule has 1 saturated heterocycles. The highest BCUT2D eigenvalue weighted by molar-refractivity contribution is 5.93. The Balaban J connectivity index is 1.59. The van der Waals surface area contributed by atoms with Gasteiger partial charge in [-0.15, -0.1) is 0 Å². The molecule has 3 heterocycles. The molecule has 0 amide bonds. The zero-order valence-corrected chi connectivity index (χ0v) is 13.6. The topological polar surface area (TPSA) is 65.7 Å². The Morgan fingerprint density at radius 2 is 2.08 bits per heavy atom. The Kier molecular flexibility index (Phi) is 2.83. The molecule has 1 aromatic rings. The molecule has 2 aliphatic heterocycles. The second-order valence-corrected chi connectivity index (χ2v) is 7.60. The van der Waals surface area contributed by atoms with Crippen LogP contribution < -0.4 is 0 Å². The van der Waals surface area contributed by atoms with Gasteiger partial charge in [-0.05, 0) is 43.2 Å². The second-order valence-electron chi connectivity index (χ2n) is 7.60. The number of cyclic esters (lactones) is 1. The van der Waals surface area contributed by atoms with Crippen molar-refractivity contribution in [3.05, 3.63) is 35.3 Å². The molecule has 5 heteroatoms. The van der Waals surface area contributed by atoms with Crippen LogP contribution in [0.3, 0.4) is 0 Å². The normalized spacial score (nSPS) is 40.7. The smallest absolute Gasteiger partial charge is 0.334 e. The molecule has 126 valence electrons. The van der Waals surface area contributed by atoms with Crippen LogP contribution in [0.1, 0.15) is 50.7 Å². The van der Waals surface area contributed by atoms with Gasteiger partial charge in [-0.2, -0.15) is 0 Å². The molecule has 0 bridgehead atoms. The van der Waals surface area contributed by atoms with E-state index in [-0.39, 0.29) is 36.0 Å². The lowest BCUT2D eigenvalue weighted by molar-refractivity contribution is -0.156. The first-order chi connectivity index (χ1) is 11.6. The summed E-state index contributed by atoms with van der Waals surface area (Å²) in [6.45, 7) is 2.11. The third kappa shape index (κ3) is 1.65. The van der Waals surface area contributed by atoms with Crippen molar-refractivity contribution in [3.8, 4) is 0 Å². The number of carbonyl (C=O) groups is 2. The predicted octanol–water partition coefficient (Wildman–Crippen LogP) is 3.32. The van der Waals surface area contributed by atoms with Crippen molar-refractivity contribution in [2.24, 2.45) is 17.3 Å². The van der Waals surface area contributed by atoms with E-state index in [1.165, 1.54) is 0 Å². The summed E-state index contributed by atoms with van der Waals surface area (Å²) in [7, 11) is 0. The first-order valence-electron chi connectivity index (χ1n) is 8.78. The zero-order valence-electron chi connectivity index (χ0n) is 13.6. The number of hydrogen-bond acceptors (Lipinski definition) is 5. The van der Waals surface area contributed by atoms with E-state index in [1.54, 1.807) is 12.5 Å². The van der Waals surface area contributed by atoms with Crippen molar-refractivity contribution >= 4 is 11.9 Å². The highest BCUT2D eigenvalue weighted by atomic mass is 16.6. The van der Waals surface area contributed by atoms with Gasteiger partial charge in [0.2, 0.25) is 0 Å². The molecule has 2 unspecified atom stereocenters. The Morgan fingerprint density at radius 1 is 1.21 bits per heavy atom. The summed E-state index contributed by atoms with van der Waals surface area (Å²) in [6.07, 6.45) is 6.92. The molecule has 5 atom stereocenters. The van der Waals surface area contributed by atoms with Gasteiger partial charge in [0.25, 0.3) is 0 Å². The van der Waals surface area contributed by atoms with E-state index in [1.807, 2.05) is 6.07 Å². The maximum absolute atomic E-state index is 13.0. The molecule has 1 aromatic heterocycles.